The predicted molar refractivity (Wildman–Crippen MR) is 136 cm³/mol. The molecule has 9 heteroatoms. The van der Waals surface area contributed by atoms with Crippen molar-refractivity contribution >= 4 is 49.9 Å². The van der Waals surface area contributed by atoms with E-state index in [1.165, 1.54) is 4.31 Å². The van der Waals surface area contributed by atoms with Crippen LogP contribution < -0.4 is 10.1 Å². The lowest BCUT2D eigenvalue weighted by Gasteiger charge is -2.30. The van der Waals surface area contributed by atoms with Gasteiger partial charge in [-0.25, -0.2) is 12.7 Å². The number of rotatable bonds is 8. The SMILES string of the molecule is O=C(NCCOc1cccc2ccccc12)C1CCN(S(=O)(=O)Cc2ccc(Cl)c(Cl)c2)CC1. The van der Waals surface area contributed by atoms with Crippen molar-refractivity contribution in [3.05, 3.63) is 76.3 Å². The zero-order valence-corrected chi connectivity index (χ0v) is 20.9. The van der Waals surface area contributed by atoms with Crippen LogP contribution in [0.2, 0.25) is 10.0 Å². The van der Waals surface area contributed by atoms with Gasteiger partial charge >= 0.3 is 0 Å². The molecule has 34 heavy (non-hydrogen) atoms. The van der Waals surface area contributed by atoms with Crippen LogP contribution >= 0.6 is 23.2 Å². The summed E-state index contributed by atoms with van der Waals surface area (Å²) < 4.78 is 32.9. The fraction of sp³-hybridized carbons (Fsp3) is 0.320. The maximum Gasteiger partial charge on any atom is 0.223 e. The number of amides is 1. The number of nitrogens with zero attached hydrogens (tertiary/aromatic N) is 1. The van der Waals surface area contributed by atoms with Gasteiger partial charge in [-0.05, 0) is 42.0 Å². The van der Waals surface area contributed by atoms with E-state index in [0.717, 1.165) is 16.5 Å². The summed E-state index contributed by atoms with van der Waals surface area (Å²) in [6.07, 6.45) is 0.966. The Morgan fingerprint density at radius 3 is 2.50 bits per heavy atom. The quantitative estimate of drug-likeness (QED) is 0.429. The first-order chi connectivity index (χ1) is 16.3. The fourth-order valence-electron chi connectivity index (χ4n) is 4.13. The Morgan fingerprint density at radius 2 is 1.74 bits per heavy atom. The predicted octanol–water partition coefficient (Wildman–Crippen LogP) is 4.88. The second-order valence-corrected chi connectivity index (χ2v) is 11.1. The highest BCUT2D eigenvalue weighted by Gasteiger charge is 2.31. The number of ether oxygens (including phenoxy) is 1. The largest absolute Gasteiger partial charge is 0.491 e. The highest BCUT2D eigenvalue weighted by molar-refractivity contribution is 7.88. The van der Waals surface area contributed by atoms with E-state index in [1.54, 1.807) is 18.2 Å². The van der Waals surface area contributed by atoms with Crippen LogP contribution in [-0.4, -0.2) is 44.9 Å². The van der Waals surface area contributed by atoms with Crippen molar-refractivity contribution in [3.8, 4) is 5.75 Å². The number of fused-ring (bicyclic) bond motifs is 1. The summed E-state index contributed by atoms with van der Waals surface area (Å²) in [4.78, 5) is 12.6. The van der Waals surface area contributed by atoms with Gasteiger partial charge in [0.1, 0.15) is 12.4 Å². The molecule has 1 saturated heterocycles. The van der Waals surface area contributed by atoms with Crippen molar-refractivity contribution in [2.45, 2.75) is 18.6 Å². The second kappa shape index (κ2) is 11.0. The normalized spacial score (nSPS) is 15.4. The van der Waals surface area contributed by atoms with Crippen LogP contribution in [0, 0.1) is 5.92 Å². The van der Waals surface area contributed by atoms with Crippen LogP contribution in [0.3, 0.4) is 0 Å². The van der Waals surface area contributed by atoms with Gasteiger partial charge in [-0.3, -0.25) is 4.79 Å². The molecule has 1 aliphatic rings. The molecule has 4 rings (SSSR count). The maximum absolute atomic E-state index is 12.8. The van der Waals surface area contributed by atoms with E-state index in [1.807, 2.05) is 42.5 Å². The van der Waals surface area contributed by atoms with Crippen LogP contribution in [-0.2, 0) is 20.6 Å². The molecular weight excluding hydrogens is 495 g/mol. The molecule has 0 saturated carbocycles. The number of carbonyl (C=O) groups excluding carboxylic acids is 1. The number of carbonyl (C=O) groups is 1. The number of halogens is 2. The summed E-state index contributed by atoms with van der Waals surface area (Å²) in [5.41, 5.74) is 0.584. The first-order valence-electron chi connectivity index (χ1n) is 11.1. The van der Waals surface area contributed by atoms with Crippen LogP contribution in [0.25, 0.3) is 10.8 Å². The fourth-order valence-corrected chi connectivity index (χ4v) is 6.00. The Morgan fingerprint density at radius 1 is 1.00 bits per heavy atom. The number of piperidine rings is 1. The van der Waals surface area contributed by atoms with Crippen LogP contribution in [0.1, 0.15) is 18.4 Å². The van der Waals surface area contributed by atoms with E-state index in [4.69, 9.17) is 27.9 Å². The minimum Gasteiger partial charge on any atom is -0.491 e. The smallest absolute Gasteiger partial charge is 0.223 e. The van der Waals surface area contributed by atoms with Gasteiger partial charge in [-0.2, -0.15) is 0 Å². The first-order valence-corrected chi connectivity index (χ1v) is 13.5. The van der Waals surface area contributed by atoms with Gasteiger partial charge in [-0.15, -0.1) is 0 Å². The van der Waals surface area contributed by atoms with E-state index >= 15 is 0 Å². The Bertz CT molecular complexity index is 1270. The van der Waals surface area contributed by atoms with E-state index in [9.17, 15) is 13.2 Å². The van der Waals surface area contributed by atoms with Crippen molar-refractivity contribution in [2.24, 2.45) is 5.92 Å². The Labute approximate surface area is 209 Å². The molecular formula is C25H26Cl2N2O4S. The Kier molecular flexibility index (Phi) is 7.99. The van der Waals surface area contributed by atoms with Gasteiger partial charge in [0.2, 0.25) is 15.9 Å². The lowest BCUT2D eigenvalue weighted by atomic mass is 9.97. The average molecular weight is 521 g/mol. The van der Waals surface area contributed by atoms with Crippen molar-refractivity contribution in [2.75, 3.05) is 26.2 Å². The van der Waals surface area contributed by atoms with Crippen molar-refractivity contribution < 1.29 is 17.9 Å². The molecule has 1 aliphatic heterocycles. The van der Waals surface area contributed by atoms with Gasteiger partial charge in [0.05, 0.1) is 22.3 Å². The van der Waals surface area contributed by atoms with Crippen molar-refractivity contribution in [1.29, 1.82) is 0 Å². The van der Waals surface area contributed by atoms with Gasteiger partial charge in [0.25, 0.3) is 0 Å². The number of sulfonamides is 1. The summed E-state index contributed by atoms with van der Waals surface area (Å²) >= 11 is 11.9. The molecule has 6 nitrogen and oxygen atoms in total. The molecule has 180 valence electrons. The zero-order valence-electron chi connectivity index (χ0n) is 18.5. The number of hydrogen-bond donors (Lipinski definition) is 1. The van der Waals surface area contributed by atoms with Gasteiger partial charge in [0.15, 0.2) is 0 Å². The van der Waals surface area contributed by atoms with E-state index in [0.29, 0.717) is 54.7 Å². The van der Waals surface area contributed by atoms with Crippen LogP contribution in [0.5, 0.6) is 5.75 Å². The molecule has 0 radical (unpaired) electrons. The summed E-state index contributed by atoms with van der Waals surface area (Å²) in [6, 6.07) is 18.7. The summed E-state index contributed by atoms with van der Waals surface area (Å²) in [5.74, 6) is 0.358. The monoisotopic (exact) mass is 520 g/mol. The Balaban J connectivity index is 1.23. The molecule has 0 atom stereocenters. The molecule has 0 aromatic heterocycles. The molecule has 1 heterocycles. The molecule has 0 bridgehead atoms. The van der Waals surface area contributed by atoms with Gasteiger partial charge < -0.3 is 10.1 Å². The number of benzene rings is 3. The average Bonchev–Trinajstić information content (AvgIpc) is 2.84. The summed E-state index contributed by atoms with van der Waals surface area (Å²) in [7, 11) is -3.50. The highest BCUT2D eigenvalue weighted by Crippen LogP contribution is 2.27. The molecule has 3 aromatic carbocycles. The zero-order chi connectivity index (χ0) is 24.1. The van der Waals surface area contributed by atoms with Crippen molar-refractivity contribution in [1.82, 2.24) is 9.62 Å². The highest BCUT2D eigenvalue weighted by atomic mass is 35.5. The third-order valence-corrected chi connectivity index (χ3v) is 8.55. The minimum atomic E-state index is -3.50. The van der Waals surface area contributed by atoms with Gasteiger partial charge in [0, 0.05) is 24.4 Å². The topological polar surface area (TPSA) is 75.7 Å². The minimum absolute atomic E-state index is 0.0666. The second-order valence-electron chi connectivity index (χ2n) is 8.29. The van der Waals surface area contributed by atoms with E-state index in [-0.39, 0.29) is 17.6 Å². The molecule has 0 aliphatic carbocycles. The summed E-state index contributed by atoms with van der Waals surface area (Å²) in [5, 5.41) is 5.77. The van der Waals surface area contributed by atoms with E-state index < -0.39 is 10.0 Å². The standard InChI is InChI=1S/C25H26Cl2N2O4S/c26-22-9-8-18(16-23(22)27)17-34(31,32)29-13-10-20(11-14-29)25(30)28-12-15-33-24-7-3-5-19-4-1-2-6-21(19)24/h1-9,16,20H,10-15,17H2,(H,28,30). The molecule has 1 N–H and O–H groups in total. The Hall–Kier alpha value is -2.32. The third-order valence-electron chi connectivity index (χ3n) is 5.96. The van der Waals surface area contributed by atoms with Crippen molar-refractivity contribution in [3.63, 3.8) is 0 Å². The number of hydrogen-bond acceptors (Lipinski definition) is 4. The van der Waals surface area contributed by atoms with Crippen LogP contribution in [0.15, 0.2) is 60.7 Å². The molecule has 0 unspecified atom stereocenters. The lowest BCUT2D eigenvalue weighted by molar-refractivity contribution is -0.126. The molecule has 1 fully saturated rings. The first kappa shape index (κ1) is 24.8. The third kappa shape index (κ3) is 6.02. The maximum atomic E-state index is 12.8. The molecule has 1 amide bonds. The summed E-state index contributed by atoms with van der Waals surface area (Å²) in [6.45, 7) is 1.37. The van der Waals surface area contributed by atoms with E-state index in [2.05, 4.69) is 5.32 Å². The lowest BCUT2D eigenvalue weighted by Crippen LogP contribution is -2.43. The molecule has 0 spiro atoms. The van der Waals surface area contributed by atoms with Crippen LogP contribution in [0.4, 0.5) is 0 Å². The molecule has 3 aromatic rings. The van der Waals surface area contributed by atoms with Gasteiger partial charge in [-0.1, -0.05) is 65.7 Å². The number of nitrogens with one attached hydrogen (secondary N) is 1.